The van der Waals surface area contributed by atoms with Gasteiger partial charge >= 0.3 is 0 Å². The Morgan fingerprint density at radius 1 is 1.53 bits per heavy atom. The third-order valence-electron chi connectivity index (χ3n) is 2.53. The average Bonchev–Trinajstić information content (AvgIpc) is 2.53. The van der Waals surface area contributed by atoms with Gasteiger partial charge in [-0.2, -0.15) is 0 Å². The fourth-order valence-electron chi connectivity index (χ4n) is 1.78. The van der Waals surface area contributed by atoms with E-state index in [2.05, 4.69) is 28.3 Å². The van der Waals surface area contributed by atoms with Crippen LogP contribution in [0.1, 0.15) is 18.2 Å². The quantitative estimate of drug-likeness (QED) is 0.767. The standard InChI is InChI=1S/C11H18N4/c1-8(12)5-13-11-4-3-9-6-15(2)7-10(9)14-11/h3-4,8H,5-7,12H2,1-2H3,(H,13,14). The third-order valence-corrected chi connectivity index (χ3v) is 2.53. The highest BCUT2D eigenvalue weighted by atomic mass is 15.1. The van der Waals surface area contributed by atoms with Crippen molar-refractivity contribution < 1.29 is 0 Å². The molecule has 4 nitrogen and oxygen atoms in total. The van der Waals surface area contributed by atoms with Crippen LogP contribution in [-0.4, -0.2) is 29.5 Å². The van der Waals surface area contributed by atoms with Gasteiger partial charge in [0.2, 0.25) is 0 Å². The number of anilines is 1. The molecule has 0 amide bonds. The highest BCUT2D eigenvalue weighted by Crippen LogP contribution is 2.20. The summed E-state index contributed by atoms with van der Waals surface area (Å²) in [6.45, 7) is 4.70. The van der Waals surface area contributed by atoms with Crippen LogP contribution in [0, 0.1) is 0 Å². The maximum absolute atomic E-state index is 5.68. The van der Waals surface area contributed by atoms with E-state index in [0.29, 0.717) is 0 Å². The zero-order valence-corrected chi connectivity index (χ0v) is 9.33. The Bertz CT molecular complexity index is 348. The monoisotopic (exact) mass is 206 g/mol. The van der Waals surface area contributed by atoms with Crippen molar-refractivity contribution in [3.63, 3.8) is 0 Å². The van der Waals surface area contributed by atoms with Crippen molar-refractivity contribution in [1.29, 1.82) is 0 Å². The van der Waals surface area contributed by atoms with Crippen LogP contribution in [0.15, 0.2) is 12.1 Å². The summed E-state index contributed by atoms with van der Waals surface area (Å²) in [5, 5.41) is 3.23. The topological polar surface area (TPSA) is 54.2 Å². The molecule has 1 aromatic heterocycles. The molecule has 3 N–H and O–H groups in total. The number of aromatic nitrogens is 1. The van der Waals surface area contributed by atoms with Crippen LogP contribution in [-0.2, 0) is 13.1 Å². The van der Waals surface area contributed by atoms with Crippen molar-refractivity contribution in [2.75, 3.05) is 18.9 Å². The Kier molecular flexibility index (Phi) is 2.88. The number of hydrogen-bond acceptors (Lipinski definition) is 4. The molecule has 0 bridgehead atoms. The van der Waals surface area contributed by atoms with E-state index in [-0.39, 0.29) is 6.04 Å². The lowest BCUT2D eigenvalue weighted by Crippen LogP contribution is -2.25. The minimum absolute atomic E-state index is 0.155. The lowest BCUT2D eigenvalue weighted by molar-refractivity contribution is 0.351. The maximum Gasteiger partial charge on any atom is 0.126 e. The van der Waals surface area contributed by atoms with E-state index in [9.17, 15) is 0 Å². The second-order valence-corrected chi connectivity index (χ2v) is 4.33. The van der Waals surface area contributed by atoms with E-state index in [4.69, 9.17) is 5.73 Å². The molecule has 1 unspecified atom stereocenters. The zero-order valence-electron chi connectivity index (χ0n) is 9.33. The molecule has 82 valence electrons. The minimum Gasteiger partial charge on any atom is -0.369 e. The van der Waals surface area contributed by atoms with Gasteiger partial charge in [0.05, 0.1) is 5.69 Å². The molecule has 1 aromatic rings. The van der Waals surface area contributed by atoms with E-state index < -0.39 is 0 Å². The number of nitrogens with one attached hydrogen (secondary N) is 1. The molecule has 0 aliphatic carbocycles. The first-order valence-corrected chi connectivity index (χ1v) is 5.32. The molecule has 1 atom stereocenters. The second-order valence-electron chi connectivity index (χ2n) is 4.33. The van der Waals surface area contributed by atoms with Crippen LogP contribution in [0.5, 0.6) is 0 Å². The van der Waals surface area contributed by atoms with Gasteiger partial charge in [-0.05, 0) is 25.6 Å². The molecule has 0 spiro atoms. The molecular weight excluding hydrogens is 188 g/mol. The van der Waals surface area contributed by atoms with Gasteiger partial charge in [-0.25, -0.2) is 4.98 Å². The fraction of sp³-hybridized carbons (Fsp3) is 0.545. The molecule has 0 fully saturated rings. The average molecular weight is 206 g/mol. The molecule has 2 rings (SSSR count). The van der Waals surface area contributed by atoms with Crippen molar-refractivity contribution in [2.45, 2.75) is 26.1 Å². The van der Waals surface area contributed by atoms with E-state index >= 15 is 0 Å². The normalized spacial score (nSPS) is 17.5. The van der Waals surface area contributed by atoms with Crippen LogP contribution < -0.4 is 11.1 Å². The number of nitrogens with two attached hydrogens (primary N) is 1. The summed E-state index contributed by atoms with van der Waals surface area (Å²) in [6, 6.07) is 4.33. The summed E-state index contributed by atoms with van der Waals surface area (Å²) < 4.78 is 0. The van der Waals surface area contributed by atoms with Gasteiger partial charge in [0.15, 0.2) is 0 Å². The van der Waals surface area contributed by atoms with Gasteiger partial charge in [-0.3, -0.25) is 4.90 Å². The molecule has 0 saturated carbocycles. The van der Waals surface area contributed by atoms with Gasteiger partial charge in [0.1, 0.15) is 5.82 Å². The first-order valence-electron chi connectivity index (χ1n) is 5.32. The lowest BCUT2D eigenvalue weighted by atomic mass is 10.2. The number of hydrogen-bond donors (Lipinski definition) is 2. The Hall–Kier alpha value is -1.13. The van der Waals surface area contributed by atoms with Crippen LogP contribution in [0.2, 0.25) is 0 Å². The fourth-order valence-corrected chi connectivity index (χ4v) is 1.78. The van der Waals surface area contributed by atoms with Gasteiger partial charge in [-0.1, -0.05) is 6.07 Å². The van der Waals surface area contributed by atoms with E-state index in [1.165, 1.54) is 11.3 Å². The summed E-state index contributed by atoms with van der Waals surface area (Å²) in [7, 11) is 2.11. The van der Waals surface area contributed by atoms with Crippen LogP contribution in [0.4, 0.5) is 5.82 Å². The Labute approximate surface area is 90.5 Å². The highest BCUT2D eigenvalue weighted by Gasteiger charge is 2.16. The smallest absolute Gasteiger partial charge is 0.126 e. The van der Waals surface area contributed by atoms with Gasteiger partial charge in [0.25, 0.3) is 0 Å². The Morgan fingerprint density at radius 2 is 2.33 bits per heavy atom. The first kappa shape index (κ1) is 10.4. The van der Waals surface area contributed by atoms with Crippen LogP contribution in [0.3, 0.4) is 0 Å². The summed E-state index contributed by atoms with van der Waals surface area (Å²) in [6.07, 6.45) is 0. The van der Waals surface area contributed by atoms with Gasteiger partial charge in [-0.15, -0.1) is 0 Å². The lowest BCUT2D eigenvalue weighted by Gasteiger charge is -2.09. The predicted molar refractivity (Wildman–Crippen MR) is 61.5 cm³/mol. The van der Waals surface area contributed by atoms with Crippen LogP contribution in [0.25, 0.3) is 0 Å². The summed E-state index contributed by atoms with van der Waals surface area (Å²) in [4.78, 5) is 6.82. The second kappa shape index (κ2) is 4.16. The third kappa shape index (κ3) is 2.46. The van der Waals surface area contributed by atoms with Crippen molar-refractivity contribution >= 4 is 5.82 Å². The van der Waals surface area contributed by atoms with Crippen molar-refractivity contribution in [3.8, 4) is 0 Å². The van der Waals surface area contributed by atoms with Crippen molar-refractivity contribution in [2.24, 2.45) is 5.73 Å². The van der Waals surface area contributed by atoms with Crippen molar-refractivity contribution in [3.05, 3.63) is 23.4 Å². The van der Waals surface area contributed by atoms with Crippen LogP contribution >= 0.6 is 0 Å². The first-order chi connectivity index (χ1) is 7.15. The van der Waals surface area contributed by atoms with Crippen molar-refractivity contribution in [1.82, 2.24) is 9.88 Å². The molecule has 2 heterocycles. The number of pyridine rings is 1. The predicted octanol–water partition coefficient (Wildman–Crippen LogP) is 0.786. The largest absolute Gasteiger partial charge is 0.369 e. The minimum atomic E-state index is 0.155. The molecule has 0 aromatic carbocycles. The molecule has 1 aliphatic heterocycles. The molecule has 0 saturated heterocycles. The van der Waals surface area contributed by atoms with E-state index in [1.54, 1.807) is 0 Å². The Morgan fingerprint density at radius 3 is 3.07 bits per heavy atom. The molecule has 1 aliphatic rings. The highest BCUT2D eigenvalue weighted by molar-refractivity contribution is 5.40. The number of nitrogens with zero attached hydrogens (tertiary/aromatic N) is 2. The number of fused-ring (bicyclic) bond motifs is 1. The summed E-state index contributed by atoms with van der Waals surface area (Å²) >= 11 is 0. The zero-order chi connectivity index (χ0) is 10.8. The summed E-state index contributed by atoms with van der Waals surface area (Å²) in [5.74, 6) is 0.932. The summed E-state index contributed by atoms with van der Waals surface area (Å²) in [5.41, 5.74) is 8.20. The molecule has 15 heavy (non-hydrogen) atoms. The van der Waals surface area contributed by atoms with E-state index in [0.717, 1.165) is 25.5 Å². The maximum atomic E-state index is 5.68. The molecule has 0 radical (unpaired) electrons. The molecular formula is C11H18N4. The van der Waals surface area contributed by atoms with E-state index in [1.807, 2.05) is 13.0 Å². The van der Waals surface area contributed by atoms with Gasteiger partial charge < -0.3 is 11.1 Å². The Balaban J connectivity index is 2.06. The van der Waals surface area contributed by atoms with Gasteiger partial charge in [0, 0.05) is 25.7 Å². The molecule has 4 heteroatoms. The number of rotatable bonds is 3. The SMILES string of the molecule is CC(N)CNc1ccc2c(n1)CN(C)C2.